The van der Waals surface area contributed by atoms with Crippen LogP contribution in [0.2, 0.25) is 0 Å². The summed E-state index contributed by atoms with van der Waals surface area (Å²) < 4.78 is 30.2. The first-order valence-corrected chi connectivity index (χ1v) is 7.44. The van der Waals surface area contributed by atoms with Gasteiger partial charge in [0.15, 0.2) is 0 Å². The van der Waals surface area contributed by atoms with Crippen LogP contribution in [-0.4, -0.2) is 20.0 Å². The molecule has 0 spiro atoms. The van der Waals surface area contributed by atoms with Gasteiger partial charge in [0, 0.05) is 6.20 Å². The third-order valence-corrected chi connectivity index (χ3v) is 4.96. The van der Waals surface area contributed by atoms with Crippen molar-refractivity contribution in [2.75, 3.05) is 12.3 Å². The smallest absolute Gasteiger partial charge is 0.208 e. The molecule has 0 radical (unpaired) electrons. The minimum Gasteiger partial charge on any atom is -0.487 e. The average Bonchev–Trinajstić information content (AvgIpc) is 2.70. The van der Waals surface area contributed by atoms with E-state index in [1.54, 1.807) is 42.6 Å². The van der Waals surface area contributed by atoms with Gasteiger partial charge in [0.2, 0.25) is 9.84 Å². The third kappa shape index (κ3) is 2.04. The van der Waals surface area contributed by atoms with Crippen LogP contribution in [0.5, 0.6) is 5.75 Å². The number of nitrogen functional groups attached to an aromatic ring is 1. The maximum Gasteiger partial charge on any atom is 0.208 e. The highest BCUT2D eigenvalue weighted by molar-refractivity contribution is 7.96. The number of rotatable bonds is 3. The second kappa shape index (κ2) is 4.64. The van der Waals surface area contributed by atoms with E-state index >= 15 is 0 Å². The number of anilines is 1. The van der Waals surface area contributed by atoms with Gasteiger partial charge in [-0.25, -0.2) is 8.42 Å². The number of sulfone groups is 1. The van der Waals surface area contributed by atoms with Crippen LogP contribution in [0.1, 0.15) is 5.56 Å². The molecule has 0 unspecified atom stereocenters. The van der Waals surface area contributed by atoms with Crippen molar-refractivity contribution in [1.29, 1.82) is 0 Å². The lowest BCUT2D eigenvalue weighted by atomic mass is 10.2. The summed E-state index contributed by atoms with van der Waals surface area (Å²) in [6.07, 6.45) is 4.75. The van der Waals surface area contributed by atoms with Gasteiger partial charge < -0.3 is 10.5 Å². The Hall–Kier alpha value is -2.34. The molecule has 0 aliphatic carbocycles. The van der Waals surface area contributed by atoms with Gasteiger partial charge in [0.1, 0.15) is 17.3 Å². The molecule has 1 aromatic heterocycles. The molecule has 1 aliphatic rings. The Kier molecular flexibility index (Phi) is 2.94. The maximum absolute atomic E-state index is 12.4. The Morgan fingerprint density at radius 2 is 2.05 bits per heavy atom. The largest absolute Gasteiger partial charge is 0.487 e. The molecule has 2 N–H and O–H groups in total. The minimum absolute atomic E-state index is 0.0395. The van der Waals surface area contributed by atoms with Crippen molar-refractivity contribution >= 4 is 21.6 Å². The van der Waals surface area contributed by atoms with E-state index in [0.29, 0.717) is 11.3 Å². The zero-order chi connectivity index (χ0) is 14.2. The fourth-order valence-electron chi connectivity index (χ4n) is 2.09. The van der Waals surface area contributed by atoms with E-state index in [0.717, 1.165) is 0 Å². The number of hydrogen-bond donors (Lipinski definition) is 1. The number of pyridine rings is 1. The number of fused-ring (bicyclic) bond motifs is 1. The van der Waals surface area contributed by atoms with Gasteiger partial charge >= 0.3 is 0 Å². The van der Waals surface area contributed by atoms with Crippen LogP contribution in [0, 0.1) is 0 Å². The Bertz CT molecular complexity index is 783. The van der Waals surface area contributed by atoms with Crippen LogP contribution >= 0.6 is 0 Å². The number of benzene rings is 1. The van der Waals surface area contributed by atoms with Crippen LogP contribution in [0.4, 0.5) is 5.69 Å². The van der Waals surface area contributed by atoms with Gasteiger partial charge in [-0.1, -0.05) is 12.1 Å². The summed E-state index contributed by atoms with van der Waals surface area (Å²) in [4.78, 5) is 4.28. The monoisotopic (exact) mass is 288 g/mol. The Morgan fingerprint density at radius 1 is 1.20 bits per heavy atom. The fraction of sp³-hybridized carbons (Fsp3) is 0.0714. The first-order chi connectivity index (χ1) is 9.59. The first kappa shape index (κ1) is 12.7. The highest BCUT2D eigenvalue weighted by atomic mass is 32.2. The SMILES string of the molecule is Nc1cccc2c1S(=O)(=O)C(COc1cccnc1)=C2. The summed E-state index contributed by atoms with van der Waals surface area (Å²) in [6, 6.07) is 8.47. The summed E-state index contributed by atoms with van der Waals surface area (Å²) in [5, 5.41) is 0. The van der Waals surface area contributed by atoms with E-state index in [9.17, 15) is 8.42 Å². The Balaban J connectivity index is 1.89. The molecule has 0 bridgehead atoms. The molecular formula is C14H12N2O3S. The number of ether oxygens (including phenoxy) is 1. The first-order valence-electron chi connectivity index (χ1n) is 5.96. The predicted molar refractivity (Wildman–Crippen MR) is 75.7 cm³/mol. The van der Waals surface area contributed by atoms with E-state index in [-0.39, 0.29) is 22.1 Å². The van der Waals surface area contributed by atoms with E-state index in [2.05, 4.69) is 4.98 Å². The molecule has 0 amide bonds. The number of nitrogens with two attached hydrogens (primary N) is 1. The van der Waals surface area contributed by atoms with Crippen molar-refractivity contribution in [3.8, 4) is 5.75 Å². The summed E-state index contributed by atoms with van der Waals surface area (Å²) in [5.74, 6) is 0.521. The summed E-state index contributed by atoms with van der Waals surface area (Å²) in [6.45, 7) is -0.0395. The molecule has 0 saturated heterocycles. The lowest BCUT2D eigenvalue weighted by Gasteiger charge is -2.07. The molecule has 1 aromatic carbocycles. The number of aromatic nitrogens is 1. The molecule has 3 rings (SSSR count). The predicted octanol–water partition coefficient (Wildman–Crippen LogP) is 1.87. The topological polar surface area (TPSA) is 82.3 Å². The minimum atomic E-state index is -3.56. The third-order valence-electron chi connectivity index (χ3n) is 3.02. The summed E-state index contributed by atoms with van der Waals surface area (Å²) in [5.41, 5.74) is 6.62. The highest BCUT2D eigenvalue weighted by Crippen LogP contribution is 2.36. The van der Waals surface area contributed by atoms with Gasteiger partial charge in [0.05, 0.1) is 16.8 Å². The van der Waals surface area contributed by atoms with Gasteiger partial charge in [-0.15, -0.1) is 0 Å². The molecular weight excluding hydrogens is 276 g/mol. The molecule has 2 aromatic rings. The van der Waals surface area contributed by atoms with Crippen molar-refractivity contribution in [2.24, 2.45) is 0 Å². The lowest BCUT2D eigenvalue weighted by molar-refractivity contribution is 0.357. The van der Waals surface area contributed by atoms with E-state index in [1.165, 1.54) is 6.20 Å². The molecule has 102 valence electrons. The van der Waals surface area contributed by atoms with Crippen LogP contribution in [0.3, 0.4) is 0 Å². The maximum atomic E-state index is 12.4. The zero-order valence-electron chi connectivity index (χ0n) is 10.5. The molecule has 5 nitrogen and oxygen atoms in total. The van der Waals surface area contributed by atoms with Crippen molar-refractivity contribution in [3.05, 3.63) is 53.2 Å². The van der Waals surface area contributed by atoms with Crippen molar-refractivity contribution in [3.63, 3.8) is 0 Å². The molecule has 2 heterocycles. The van der Waals surface area contributed by atoms with Crippen LogP contribution < -0.4 is 10.5 Å². The molecule has 6 heteroatoms. The normalized spacial score (nSPS) is 15.5. The van der Waals surface area contributed by atoms with Crippen LogP contribution in [0.15, 0.2) is 52.5 Å². The summed E-state index contributed by atoms with van der Waals surface area (Å²) >= 11 is 0. The van der Waals surface area contributed by atoms with Crippen molar-refractivity contribution in [1.82, 2.24) is 4.98 Å². The number of nitrogens with zero attached hydrogens (tertiary/aromatic N) is 1. The second-order valence-corrected chi connectivity index (χ2v) is 6.30. The highest BCUT2D eigenvalue weighted by Gasteiger charge is 2.31. The van der Waals surface area contributed by atoms with E-state index < -0.39 is 9.84 Å². The van der Waals surface area contributed by atoms with Gasteiger partial charge in [0.25, 0.3) is 0 Å². The Morgan fingerprint density at radius 3 is 2.75 bits per heavy atom. The summed E-state index contributed by atoms with van der Waals surface area (Å²) in [7, 11) is -3.56. The number of hydrogen-bond acceptors (Lipinski definition) is 5. The standard InChI is InChI=1S/C14H12N2O3S/c15-13-5-1-3-10-7-12(20(17,18)14(10)13)9-19-11-4-2-6-16-8-11/h1-8H,9,15H2. The van der Waals surface area contributed by atoms with Crippen molar-refractivity contribution in [2.45, 2.75) is 4.90 Å². The quantitative estimate of drug-likeness (QED) is 0.872. The van der Waals surface area contributed by atoms with E-state index in [1.807, 2.05) is 0 Å². The van der Waals surface area contributed by atoms with E-state index in [4.69, 9.17) is 10.5 Å². The zero-order valence-corrected chi connectivity index (χ0v) is 11.3. The van der Waals surface area contributed by atoms with Gasteiger partial charge in [-0.3, -0.25) is 4.98 Å². The molecule has 0 atom stereocenters. The Labute approximate surface area is 116 Å². The van der Waals surface area contributed by atoms with Gasteiger partial charge in [-0.05, 0) is 29.8 Å². The van der Waals surface area contributed by atoms with Gasteiger partial charge in [-0.2, -0.15) is 0 Å². The average molecular weight is 288 g/mol. The molecule has 1 aliphatic heterocycles. The molecule has 0 fully saturated rings. The fourth-order valence-corrected chi connectivity index (χ4v) is 3.66. The van der Waals surface area contributed by atoms with Crippen LogP contribution in [-0.2, 0) is 9.84 Å². The second-order valence-electron chi connectivity index (χ2n) is 4.36. The van der Waals surface area contributed by atoms with Crippen LogP contribution in [0.25, 0.3) is 6.08 Å². The lowest BCUT2D eigenvalue weighted by Crippen LogP contribution is -2.10. The molecule has 20 heavy (non-hydrogen) atoms. The van der Waals surface area contributed by atoms with Crippen molar-refractivity contribution < 1.29 is 13.2 Å². The molecule has 0 saturated carbocycles.